The van der Waals surface area contributed by atoms with Gasteiger partial charge in [-0.1, -0.05) is 23.7 Å². The van der Waals surface area contributed by atoms with E-state index in [-0.39, 0.29) is 11.4 Å². The molecule has 1 aromatic carbocycles. The number of halogens is 1. The van der Waals surface area contributed by atoms with Gasteiger partial charge in [-0.3, -0.25) is 10.2 Å². The highest BCUT2D eigenvalue weighted by Gasteiger charge is 2.13. The van der Waals surface area contributed by atoms with Gasteiger partial charge in [-0.2, -0.15) is 10.5 Å². The number of hydrazine groups is 1. The van der Waals surface area contributed by atoms with Crippen LogP contribution in [0.15, 0.2) is 35.7 Å². The van der Waals surface area contributed by atoms with Crippen LogP contribution in [0.5, 0.6) is 0 Å². The summed E-state index contributed by atoms with van der Waals surface area (Å²) in [6.07, 6.45) is 0.325. The van der Waals surface area contributed by atoms with Gasteiger partial charge in [0.15, 0.2) is 5.70 Å². The second-order valence-corrected chi connectivity index (χ2v) is 3.46. The minimum absolute atomic E-state index is 0.299. The van der Waals surface area contributed by atoms with E-state index in [4.69, 9.17) is 27.9 Å². The maximum absolute atomic E-state index is 10.9. The van der Waals surface area contributed by atoms with Crippen molar-refractivity contribution in [1.29, 1.82) is 10.5 Å². The number of hydrogen-bond acceptors (Lipinski definition) is 5. The second-order valence-electron chi connectivity index (χ2n) is 3.05. The number of nitrogens with zero attached hydrogens (tertiary/aromatic N) is 3. The van der Waals surface area contributed by atoms with Crippen LogP contribution in [-0.4, -0.2) is 11.4 Å². The molecule has 0 aliphatic heterocycles. The van der Waals surface area contributed by atoms with E-state index < -0.39 is 0 Å². The van der Waals surface area contributed by atoms with Crippen LogP contribution in [0, 0.1) is 22.7 Å². The quantitative estimate of drug-likeness (QED) is 0.483. The molecule has 0 atom stereocenters. The Balaban J connectivity index is 3.08. The van der Waals surface area contributed by atoms with E-state index in [0.717, 1.165) is 5.01 Å². The molecule has 0 heterocycles. The molecule has 0 unspecified atom stereocenters. The summed E-state index contributed by atoms with van der Waals surface area (Å²) < 4.78 is 0. The fraction of sp³-hybridized carbons (Fsp3) is 0. The number of nitrogens with two attached hydrogens (primary N) is 1. The van der Waals surface area contributed by atoms with E-state index in [1.165, 1.54) is 0 Å². The zero-order valence-corrected chi connectivity index (χ0v) is 9.85. The molecule has 7 heteroatoms. The van der Waals surface area contributed by atoms with Gasteiger partial charge in [-0.25, -0.2) is 5.01 Å². The summed E-state index contributed by atoms with van der Waals surface area (Å²) in [6, 6.07) is 9.88. The molecular formula is C11H8ClN5O. The highest BCUT2D eigenvalue weighted by molar-refractivity contribution is 6.33. The van der Waals surface area contributed by atoms with Crippen molar-refractivity contribution in [3.8, 4) is 12.1 Å². The van der Waals surface area contributed by atoms with Crippen molar-refractivity contribution in [1.82, 2.24) is 5.01 Å². The van der Waals surface area contributed by atoms with Crippen LogP contribution in [-0.2, 0) is 4.79 Å². The Hall–Kier alpha value is -2.70. The largest absolute Gasteiger partial charge is 0.388 e. The zero-order chi connectivity index (χ0) is 13.5. The number of nitrogens with one attached hydrogen (secondary N) is 1. The molecule has 0 fully saturated rings. The molecule has 0 saturated carbocycles. The first kappa shape index (κ1) is 13.4. The number of amides is 1. The summed E-state index contributed by atoms with van der Waals surface area (Å²) in [7, 11) is 0. The Morgan fingerprint density at radius 2 is 2.06 bits per heavy atom. The van der Waals surface area contributed by atoms with Gasteiger partial charge < -0.3 is 5.73 Å². The Bertz CT molecular complexity index is 570. The monoisotopic (exact) mass is 261 g/mol. The Kier molecular flexibility index (Phi) is 4.56. The van der Waals surface area contributed by atoms with Gasteiger partial charge in [0.05, 0.1) is 10.7 Å². The first-order valence-electron chi connectivity index (χ1n) is 4.69. The highest BCUT2D eigenvalue weighted by atomic mass is 35.5. The van der Waals surface area contributed by atoms with Crippen LogP contribution in [0.25, 0.3) is 0 Å². The number of benzene rings is 1. The normalized spacial score (nSPS) is 10.6. The van der Waals surface area contributed by atoms with Crippen LogP contribution in [0.3, 0.4) is 0 Å². The molecule has 1 amide bonds. The second kappa shape index (κ2) is 6.14. The third-order valence-corrected chi connectivity index (χ3v) is 2.27. The fourth-order valence-electron chi connectivity index (χ4n) is 1.11. The number of carbonyl (C=O) groups is 1. The molecule has 0 radical (unpaired) electrons. The summed E-state index contributed by atoms with van der Waals surface area (Å²) in [5.41, 5.74) is 7.64. The first-order chi connectivity index (χ1) is 8.63. The van der Waals surface area contributed by atoms with E-state index in [1.807, 2.05) is 0 Å². The van der Waals surface area contributed by atoms with Gasteiger partial charge in [0.2, 0.25) is 6.41 Å². The molecule has 90 valence electrons. The SMILES string of the molecule is N#C/C(N)=C(\C#N)N(C=O)Nc1ccccc1Cl. The molecule has 1 aromatic rings. The number of anilines is 1. The van der Waals surface area contributed by atoms with Crippen LogP contribution in [0.1, 0.15) is 0 Å². The van der Waals surface area contributed by atoms with Crippen molar-refractivity contribution < 1.29 is 4.79 Å². The lowest BCUT2D eigenvalue weighted by Gasteiger charge is -2.19. The van der Waals surface area contributed by atoms with Crippen molar-refractivity contribution in [2.24, 2.45) is 5.73 Å². The Labute approximate surface area is 108 Å². The molecular weight excluding hydrogens is 254 g/mol. The number of hydrogen-bond donors (Lipinski definition) is 2. The number of nitriles is 2. The summed E-state index contributed by atoms with van der Waals surface area (Å²) in [5, 5.41) is 18.6. The van der Waals surface area contributed by atoms with Crippen LogP contribution in [0.2, 0.25) is 5.02 Å². The van der Waals surface area contributed by atoms with Gasteiger partial charge in [0.25, 0.3) is 0 Å². The van der Waals surface area contributed by atoms with Crippen molar-refractivity contribution in [3.63, 3.8) is 0 Å². The third kappa shape index (κ3) is 2.91. The lowest BCUT2D eigenvalue weighted by Crippen LogP contribution is -2.29. The molecule has 0 aliphatic rings. The highest BCUT2D eigenvalue weighted by Crippen LogP contribution is 2.21. The number of carbonyl (C=O) groups excluding carboxylic acids is 1. The smallest absolute Gasteiger partial charge is 0.233 e. The standard InChI is InChI=1S/C11H8ClN5O/c12-8-3-1-2-4-10(8)16-17(7-18)11(6-14)9(15)5-13/h1-4,7,16H,15H2/b11-9-. The molecule has 0 saturated heterocycles. The maximum atomic E-state index is 10.9. The predicted molar refractivity (Wildman–Crippen MR) is 65.4 cm³/mol. The Morgan fingerprint density at radius 3 is 2.56 bits per heavy atom. The van der Waals surface area contributed by atoms with Crippen molar-refractivity contribution in [3.05, 3.63) is 40.7 Å². The molecule has 0 aromatic heterocycles. The van der Waals surface area contributed by atoms with Crippen LogP contribution < -0.4 is 11.2 Å². The summed E-state index contributed by atoms with van der Waals surface area (Å²) >= 11 is 5.89. The van der Waals surface area contributed by atoms with E-state index in [1.54, 1.807) is 36.4 Å². The molecule has 18 heavy (non-hydrogen) atoms. The third-order valence-electron chi connectivity index (χ3n) is 1.94. The fourth-order valence-corrected chi connectivity index (χ4v) is 1.29. The van der Waals surface area contributed by atoms with Crippen LogP contribution in [0.4, 0.5) is 5.69 Å². The van der Waals surface area contributed by atoms with Crippen molar-refractivity contribution >= 4 is 23.7 Å². The minimum Gasteiger partial charge on any atom is -0.388 e. The van der Waals surface area contributed by atoms with E-state index in [2.05, 4.69) is 5.43 Å². The minimum atomic E-state index is -0.371. The molecule has 3 N–H and O–H groups in total. The van der Waals surface area contributed by atoms with Crippen LogP contribution >= 0.6 is 11.6 Å². The molecule has 0 bridgehead atoms. The average Bonchev–Trinajstić information content (AvgIpc) is 2.40. The first-order valence-corrected chi connectivity index (χ1v) is 5.07. The summed E-state index contributed by atoms with van der Waals surface area (Å²) in [4.78, 5) is 10.9. The number of rotatable bonds is 4. The maximum Gasteiger partial charge on any atom is 0.233 e. The lowest BCUT2D eigenvalue weighted by molar-refractivity contribution is -0.115. The molecule has 0 spiro atoms. The molecule has 6 nitrogen and oxygen atoms in total. The average molecular weight is 262 g/mol. The lowest BCUT2D eigenvalue weighted by atomic mass is 10.3. The van der Waals surface area contributed by atoms with E-state index >= 15 is 0 Å². The number of allylic oxidation sites excluding steroid dienone is 2. The van der Waals surface area contributed by atoms with E-state index in [9.17, 15) is 4.79 Å². The van der Waals surface area contributed by atoms with Crippen molar-refractivity contribution in [2.45, 2.75) is 0 Å². The summed E-state index contributed by atoms with van der Waals surface area (Å²) in [5.74, 6) is 0. The molecule has 0 aliphatic carbocycles. The van der Waals surface area contributed by atoms with Gasteiger partial charge in [0.1, 0.15) is 17.8 Å². The number of para-hydroxylation sites is 1. The zero-order valence-electron chi connectivity index (χ0n) is 9.09. The van der Waals surface area contributed by atoms with Crippen molar-refractivity contribution in [2.75, 3.05) is 5.43 Å². The van der Waals surface area contributed by atoms with Gasteiger partial charge in [-0.05, 0) is 12.1 Å². The van der Waals surface area contributed by atoms with Gasteiger partial charge in [0, 0.05) is 0 Å². The predicted octanol–water partition coefficient (Wildman–Crippen LogP) is 1.34. The van der Waals surface area contributed by atoms with E-state index in [0.29, 0.717) is 17.1 Å². The topological polar surface area (TPSA) is 106 Å². The summed E-state index contributed by atoms with van der Waals surface area (Å²) in [6.45, 7) is 0. The van der Waals surface area contributed by atoms with Gasteiger partial charge >= 0.3 is 0 Å². The molecule has 1 rings (SSSR count). The Morgan fingerprint density at radius 1 is 1.39 bits per heavy atom. The van der Waals surface area contributed by atoms with Gasteiger partial charge in [-0.15, -0.1) is 0 Å².